The van der Waals surface area contributed by atoms with Crippen LogP contribution in [-0.4, -0.2) is 11.1 Å². The Morgan fingerprint density at radius 2 is 1.48 bits per heavy atom. The van der Waals surface area contributed by atoms with Crippen molar-refractivity contribution in [1.82, 2.24) is 0 Å². The molecule has 0 radical (unpaired) electrons. The molecule has 2 rings (SSSR count). The van der Waals surface area contributed by atoms with Crippen molar-refractivity contribution in [2.75, 3.05) is 0 Å². The third-order valence-corrected chi connectivity index (χ3v) is 2.59. The molecule has 0 saturated heterocycles. The molecule has 0 aliphatic rings. The molecule has 0 aromatic heterocycles. The first-order valence-electron chi connectivity index (χ1n) is 5.77. The Balaban J connectivity index is 0.000000383. The first-order chi connectivity index (χ1) is 9.68. The molecule has 0 aliphatic carbocycles. The fraction of sp³-hybridized carbons (Fsp3) is 0.0714. The van der Waals surface area contributed by atoms with Crippen molar-refractivity contribution in [2.24, 2.45) is 0 Å². The molecule has 2 aromatic carbocycles. The highest BCUT2D eigenvalue weighted by molar-refractivity contribution is 8.24. The van der Waals surface area contributed by atoms with Crippen molar-refractivity contribution < 1.29 is 14.5 Å². The maximum absolute atomic E-state index is 10.7. The minimum atomic E-state index is -3.22. The smallest absolute Gasteiger partial charge is 0.339 e. The molecule has 0 bridgehead atoms. The van der Waals surface area contributed by atoms with Crippen LogP contribution in [0.1, 0.15) is 15.9 Å². The third kappa shape index (κ3) is 7.01. The van der Waals surface area contributed by atoms with E-state index < -0.39 is 11.2 Å². The van der Waals surface area contributed by atoms with Gasteiger partial charge in [-0.2, -0.15) is 0 Å². The second-order valence-corrected chi connectivity index (χ2v) is 10.7. The Morgan fingerprint density at radius 1 is 1.00 bits per heavy atom. The molecule has 3 nitrogen and oxygen atoms in total. The molecule has 7 heteroatoms. The Bertz CT molecular complexity index is 657. The Labute approximate surface area is 137 Å². The molecule has 0 spiro atoms. The predicted molar refractivity (Wildman–Crippen MR) is 88.7 cm³/mol. The summed E-state index contributed by atoms with van der Waals surface area (Å²) >= 11 is 13.8. The van der Waals surface area contributed by atoms with Gasteiger partial charge in [0, 0.05) is 0 Å². The zero-order chi connectivity index (χ0) is 16.0. The van der Waals surface area contributed by atoms with Gasteiger partial charge in [0.25, 0.3) is 0 Å². The van der Waals surface area contributed by atoms with E-state index in [1.165, 1.54) is 5.56 Å². The van der Waals surface area contributed by atoms with Crippen LogP contribution in [0, 0.1) is 6.92 Å². The monoisotopic (exact) mass is 364 g/mol. The molecular weight excluding hydrogens is 353 g/mol. The molecule has 21 heavy (non-hydrogen) atoms. The lowest BCUT2D eigenvalue weighted by Crippen LogP contribution is -1.95. The minimum Gasteiger partial charge on any atom is -0.478 e. The Morgan fingerprint density at radius 3 is 1.90 bits per heavy atom. The van der Waals surface area contributed by atoms with Gasteiger partial charge in [0.05, 0.1) is 5.56 Å². The van der Waals surface area contributed by atoms with Gasteiger partial charge in [-0.25, -0.2) is 4.79 Å². The van der Waals surface area contributed by atoms with Gasteiger partial charge in [0.1, 0.15) is 0 Å². The van der Waals surface area contributed by atoms with Crippen LogP contribution in [0.2, 0.25) is 0 Å². The van der Waals surface area contributed by atoms with Crippen LogP contribution in [0.4, 0.5) is 0 Å². The molecule has 2 aromatic rings. The van der Waals surface area contributed by atoms with E-state index in [-0.39, 0.29) is 0 Å². The molecule has 0 saturated carbocycles. The van der Waals surface area contributed by atoms with Gasteiger partial charge in [-0.1, -0.05) is 36.4 Å². The average Bonchev–Trinajstić information content (AvgIpc) is 2.37. The highest BCUT2D eigenvalue weighted by atomic mass is 36.0. The summed E-state index contributed by atoms with van der Waals surface area (Å²) < 4.78 is 9.51. The lowest BCUT2D eigenvalue weighted by Gasteiger charge is -2.05. The Kier molecular flexibility index (Phi) is 6.76. The summed E-state index contributed by atoms with van der Waals surface area (Å²) in [6.07, 6.45) is 0. The fourth-order valence-electron chi connectivity index (χ4n) is 1.69. The number of hydrogen-bond acceptors (Lipinski definition) is 2. The van der Waals surface area contributed by atoms with E-state index in [9.17, 15) is 9.36 Å². The van der Waals surface area contributed by atoms with Crippen molar-refractivity contribution in [3.63, 3.8) is 0 Å². The van der Waals surface area contributed by atoms with Crippen LogP contribution in [-0.2, 0) is 4.57 Å². The lowest BCUT2D eigenvalue weighted by molar-refractivity contribution is 0.0697. The van der Waals surface area contributed by atoms with Gasteiger partial charge in [0.2, 0.25) is 0 Å². The number of carboxylic acid groups (broad SMARTS) is 1. The normalized spacial score (nSPS) is 10.5. The maximum Gasteiger partial charge on any atom is 0.339 e. The molecule has 0 amide bonds. The summed E-state index contributed by atoms with van der Waals surface area (Å²) in [5.74, 6) is -0.892. The largest absolute Gasteiger partial charge is 0.478 e. The lowest BCUT2D eigenvalue weighted by atomic mass is 10.00. The number of aromatic carboxylic acids is 1. The van der Waals surface area contributed by atoms with Gasteiger partial charge in [-0.15, -0.1) is 0 Å². The molecule has 0 atom stereocenters. The van der Waals surface area contributed by atoms with Crippen molar-refractivity contribution >= 4 is 44.9 Å². The van der Waals surface area contributed by atoms with Crippen molar-refractivity contribution in [3.8, 4) is 11.1 Å². The number of carbonyl (C=O) groups is 1. The SMILES string of the molecule is Cc1ccccc1-c1ccc(C(=O)O)cc1.O=P(Cl)(Cl)Cl. The molecular formula is C14H12Cl3O3P. The number of carboxylic acids is 1. The molecule has 1 N–H and O–H groups in total. The average molecular weight is 366 g/mol. The van der Waals surface area contributed by atoms with E-state index in [2.05, 4.69) is 33.7 Å². The second-order valence-electron chi connectivity index (χ2n) is 4.10. The number of hydrogen-bond donors (Lipinski definition) is 1. The third-order valence-electron chi connectivity index (χ3n) is 2.59. The van der Waals surface area contributed by atoms with E-state index in [0.29, 0.717) is 5.56 Å². The highest BCUT2D eigenvalue weighted by Gasteiger charge is 2.04. The van der Waals surface area contributed by atoms with Crippen molar-refractivity contribution in [1.29, 1.82) is 0 Å². The van der Waals surface area contributed by atoms with Crippen LogP contribution < -0.4 is 0 Å². The van der Waals surface area contributed by atoms with E-state index in [1.54, 1.807) is 12.1 Å². The van der Waals surface area contributed by atoms with Gasteiger partial charge >= 0.3 is 11.2 Å². The number of halogens is 3. The van der Waals surface area contributed by atoms with Crippen LogP contribution >= 0.6 is 38.9 Å². The summed E-state index contributed by atoms with van der Waals surface area (Å²) in [6, 6.07) is 15.0. The topological polar surface area (TPSA) is 54.4 Å². The van der Waals surface area contributed by atoms with E-state index >= 15 is 0 Å². The minimum absolute atomic E-state index is 0.317. The van der Waals surface area contributed by atoms with Gasteiger partial charge in [-0.3, -0.25) is 4.57 Å². The Hall–Kier alpha value is -0.990. The van der Waals surface area contributed by atoms with E-state index in [0.717, 1.165) is 11.1 Å². The van der Waals surface area contributed by atoms with E-state index in [4.69, 9.17) is 5.11 Å². The molecule has 0 unspecified atom stereocenters. The summed E-state index contributed by atoms with van der Waals surface area (Å²) in [4.78, 5) is 10.7. The fourth-order valence-corrected chi connectivity index (χ4v) is 1.69. The van der Waals surface area contributed by atoms with Gasteiger partial charge in [-0.05, 0) is 69.5 Å². The first kappa shape index (κ1) is 18.1. The molecule has 0 aliphatic heterocycles. The highest BCUT2D eigenvalue weighted by Crippen LogP contribution is 2.61. The maximum atomic E-state index is 10.7. The number of benzene rings is 2. The number of aryl methyl sites for hydroxylation is 1. The van der Waals surface area contributed by atoms with Crippen LogP contribution in [0.5, 0.6) is 0 Å². The second kappa shape index (κ2) is 7.86. The zero-order valence-electron chi connectivity index (χ0n) is 11.0. The van der Waals surface area contributed by atoms with Crippen LogP contribution in [0.25, 0.3) is 11.1 Å². The van der Waals surface area contributed by atoms with Gasteiger partial charge in [0.15, 0.2) is 0 Å². The molecule has 0 heterocycles. The summed E-state index contributed by atoms with van der Waals surface area (Å²) in [5.41, 5.74) is 3.69. The first-order valence-corrected chi connectivity index (χ1v) is 10.2. The number of rotatable bonds is 2. The summed E-state index contributed by atoms with van der Waals surface area (Å²) in [5, 5.41) is 5.58. The van der Waals surface area contributed by atoms with Crippen molar-refractivity contribution in [3.05, 3.63) is 59.7 Å². The zero-order valence-corrected chi connectivity index (χ0v) is 14.1. The predicted octanol–water partition coefficient (Wildman–Crippen LogP) is 6.17. The summed E-state index contributed by atoms with van der Waals surface area (Å²) in [6.45, 7) is 2.04. The van der Waals surface area contributed by atoms with Crippen molar-refractivity contribution in [2.45, 2.75) is 6.92 Å². The molecule has 0 fully saturated rings. The standard InChI is InChI=1S/C14H12O2.Cl3OP/c1-10-4-2-3-5-13(10)11-6-8-12(9-7-11)14(15)16;1-5(2,3)4/h2-9H,1H3,(H,15,16);. The molecule has 112 valence electrons. The van der Waals surface area contributed by atoms with Crippen LogP contribution in [0.3, 0.4) is 0 Å². The summed E-state index contributed by atoms with van der Waals surface area (Å²) in [7, 11) is 0. The van der Waals surface area contributed by atoms with Gasteiger partial charge < -0.3 is 5.11 Å². The quantitative estimate of drug-likeness (QED) is 0.647. The van der Waals surface area contributed by atoms with Crippen LogP contribution in [0.15, 0.2) is 48.5 Å². The van der Waals surface area contributed by atoms with E-state index in [1.807, 2.05) is 43.3 Å².